The Morgan fingerprint density at radius 1 is 1.34 bits per heavy atom. The molecule has 1 saturated heterocycles. The molecule has 0 spiro atoms. The van der Waals surface area contributed by atoms with Gasteiger partial charge in [-0.2, -0.15) is 0 Å². The zero-order valence-electron chi connectivity index (χ0n) is 17.0. The molecule has 2 bridgehead atoms. The number of fused-ring (bicyclic) bond motifs is 3. The molecule has 2 aliphatic rings. The second-order valence-electron chi connectivity index (χ2n) is 7.89. The molecule has 0 unspecified atom stereocenters. The van der Waals surface area contributed by atoms with Gasteiger partial charge in [0.05, 0.1) is 12.0 Å². The summed E-state index contributed by atoms with van der Waals surface area (Å²) in [7, 11) is 3.53. The van der Waals surface area contributed by atoms with Gasteiger partial charge in [0, 0.05) is 39.3 Å². The van der Waals surface area contributed by atoms with Crippen molar-refractivity contribution in [3.63, 3.8) is 0 Å². The third-order valence-electron chi connectivity index (χ3n) is 5.75. The maximum Gasteiger partial charge on any atom is 0.331 e. The minimum Gasteiger partial charge on any atom is -0.456 e. The van der Waals surface area contributed by atoms with Crippen LogP contribution in [0.15, 0.2) is 48.9 Å². The standard InChI is InChI=1S/C23H26N2O4/c1-22-12-13-23(27-3,29-22)11-10-17-6-4-5-7-18(17)14-20(22)28-21(26)9-8-19-15-25(2)16-24-19/h4-11,15-16,20H,12-14H2,1-3H3/b9-8+,11-10-/t20-,22+,23+/m0/s1. The predicted molar refractivity (Wildman–Crippen MR) is 110 cm³/mol. The minimum absolute atomic E-state index is 0.412. The number of nitrogens with zero attached hydrogens (tertiary/aromatic N) is 2. The van der Waals surface area contributed by atoms with Crippen molar-refractivity contribution in [2.75, 3.05) is 7.11 Å². The summed E-state index contributed by atoms with van der Waals surface area (Å²) in [5, 5.41) is 0. The summed E-state index contributed by atoms with van der Waals surface area (Å²) < 4.78 is 19.9. The molecule has 6 heteroatoms. The van der Waals surface area contributed by atoms with Crippen LogP contribution < -0.4 is 0 Å². The second-order valence-corrected chi connectivity index (χ2v) is 7.89. The monoisotopic (exact) mass is 394 g/mol. The molecule has 29 heavy (non-hydrogen) atoms. The Bertz CT molecular complexity index is 963. The molecule has 2 aromatic rings. The number of methoxy groups -OCH3 is 1. The fourth-order valence-electron chi connectivity index (χ4n) is 4.01. The average molecular weight is 394 g/mol. The molecule has 0 amide bonds. The summed E-state index contributed by atoms with van der Waals surface area (Å²) in [4.78, 5) is 16.8. The lowest BCUT2D eigenvalue weighted by Crippen LogP contribution is -2.45. The van der Waals surface area contributed by atoms with E-state index in [2.05, 4.69) is 17.1 Å². The summed E-state index contributed by atoms with van der Waals surface area (Å²) in [6, 6.07) is 8.11. The van der Waals surface area contributed by atoms with Crippen LogP contribution in [0.25, 0.3) is 12.2 Å². The number of aryl methyl sites for hydroxylation is 1. The van der Waals surface area contributed by atoms with Gasteiger partial charge in [-0.3, -0.25) is 0 Å². The fraction of sp³-hybridized carbons (Fsp3) is 0.391. The highest BCUT2D eigenvalue weighted by atomic mass is 16.7. The van der Waals surface area contributed by atoms with Crippen LogP contribution in [0.3, 0.4) is 0 Å². The van der Waals surface area contributed by atoms with Gasteiger partial charge < -0.3 is 18.8 Å². The van der Waals surface area contributed by atoms with Crippen molar-refractivity contribution >= 4 is 18.1 Å². The Hall–Kier alpha value is -2.70. The Morgan fingerprint density at radius 3 is 2.93 bits per heavy atom. The van der Waals surface area contributed by atoms with Crippen molar-refractivity contribution in [2.24, 2.45) is 7.05 Å². The highest BCUT2D eigenvalue weighted by Crippen LogP contribution is 2.44. The minimum atomic E-state index is -0.805. The van der Waals surface area contributed by atoms with Gasteiger partial charge >= 0.3 is 5.97 Å². The van der Waals surface area contributed by atoms with Crippen LogP contribution in [0.2, 0.25) is 0 Å². The van der Waals surface area contributed by atoms with Crippen molar-refractivity contribution in [1.29, 1.82) is 0 Å². The normalized spacial score (nSPS) is 29.7. The van der Waals surface area contributed by atoms with Gasteiger partial charge in [-0.25, -0.2) is 9.78 Å². The summed E-state index contributed by atoms with van der Waals surface area (Å²) in [5.74, 6) is -1.22. The summed E-state index contributed by atoms with van der Waals surface area (Å²) in [6.07, 6.45) is 12.2. The molecule has 0 aliphatic carbocycles. The first-order chi connectivity index (χ1) is 13.9. The van der Waals surface area contributed by atoms with Crippen molar-refractivity contribution in [1.82, 2.24) is 9.55 Å². The summed E-state index contributed by atoms with van der Waals surface area (Å²) >= 11 is 0. The Labute approximate surface area is 170 Å². The van der Waals surface area contributed by atoms with Crippen LogP contribution in [0, 0.1) is 0 Å². The summed E-state index contributed by atoms with van der Waals surface area (Å²) in [6.45, 7) is 2.00. The van der Waals surface area contributed by atoms with Crippen molar-refractivity contribution in [3.05, 3.63) is 65.8 Å². The van der Waals surface area contributed by atoms with Gasteiger partial charge in [-0.1, -0.05) is 30.3 Å². The molecule has 0 radical (unpaired) electrons. The lowest BCUT2D eigenvalue weighted by Gasteiger charge is -2.35. The maximum atomic E-state index is 12.6. The fourth-order valence-corrected chi connectivity index (χ4v) is 4.01. The number of esters is 1. The van der Waals surface area contributed by atoms with E-state index < -0.39 is 23.5 Å². The molecule has 1 aromatic carbocycles. The highest BCUT2D eigenvalue weighted by Gasteiger charge is 2.51. The van der Waals surface area contributed by atoms with E-state index >= 15 is 0 Å². The Balaban J connectivity index is 1.61. The van der Waals surface area contributed by atoms with Crippen LogP contribution in [0.4, 0.5) is 0 Å². The van der Waals surface area contributed by atoms with E-state index in [0.29, 0.717) is 18.5 Å². The maximum absolute atomic E-state index is 12.6. The smallest absolute Gasteiger partial charge is 0.331 e. The van der Waals surface area contributed by atoms with Crippen molar-refractivity contribution in [2.45, 2.75) is 43.7 Å². The van der Waals surface area contributed by atoms with Gasteiger partial charge in [0.15, 0.2) is 5.79 Å². The van der Waals surface area contributed by atoms with E-state index in [1.165, 1.54) is 6.08 Å². The molecular formula is C23H26N2O4. The first-order valence-electron chi connectivity index (χ1n) is 9.80. The van der Waals surface area contributed by atoms with Gasteiger partial charge in [-0.05, 0) is 36.6 Å². The van der Waals surface area contributed by atoms with E-state index in [1.807, 2.05) is 49.0 Å². The van der Waals surface area contributed by atoms with Gasteiger partial charge in [-0.15, -0.1) is 0 Å². The van der Waals surface area contributed by atoms with E-state index in [4.69, 9.17) is 14.2 Å². The van der Waals surface area contributed by atoms with Crippen molar-refractivity contribution in [3.8, 4) is 0 Å². The average Bonchev–Trinajstić information content (AvgIpc) is 3.30. The summed E-state index contributed by atoms with van der Waals surface area (Å²) in [5.41, 5.74) is 2.24. The SMILES string of the molecule is CO[C@@]12/C=C\c3ccccc3C[C@H](OC(=O)/C=C/c3cn(C)cn3)[C@@](C)(CC1)O2. The number of hydrogen-bond acceptors (Lipinski definition) is 5. The first kappa shape index (κ1) is 19.6. The van der Waals surface area contributed by atoms with Crippen LogP contribution in [0.5, 0.6) is 0 Å². The van der Waals surface area contributed by atoms with Crippen LogP contribution in [-0.4, -0.2) is 40.1 Å². The molecule has 4 rings (SSSR count). The molecule has 152 valence electrons. The topological polar surface area (TPSA) is 62.6 Å². The number of rotatable bonds is 4. The van der Waals surface area contributed by atoms with E-state index in [-0.39, 0.29) is 0 Å². The lowest BCUT2D eigenvalue weighted by atomic mass is 9.88. The second kappa shape index (κ2) is 7.61. The third-order valence-corrected chi connectivity index (χ3v) is 5.75. The van der Waals surface area contributed by atoms with E-state index in [9.17, 15) is 4.79 Å². The third kappa shape index (κ3) is 4.04. The largest absolute Gasteiger partial charge is 0.456 e. The molecular weight excluding hydrogens is 368 g/mol. The highest BCUT2D eigenvalue weighted by molar-refractivity contribution is 5.86. The van der Waals surface area contributed by atoms with Crippen molar-refractivity contribution < 1.29 is 19.0 Å². The molecule has 2 aliphatic heterocycles. The van der Waals surface area contributed by atoms with E-state index in [0.717, 1.165) is 17.5 Å². The van der Waals surface area contributed by atoms with Crippen LogP contribution >= 0.6 is 0 Å². The lowest BCUT2D eigenvalue weighted by molar-refractivity contribution is -0.230. The molecule has 6 nitrogen and oxygen atoms in total. The molecule has 1 aromatic heterocycles. The Kier molecular flexibility index (Phi) is 5.15. The van der Waals surface area contributed by atoms with Crippen LogP contribution in [-0.2, 0) is 32.5 Å². The number of carbonyl (C=O) groups excluding carboxylic acids is 1. The quantitative estimate of drug-likeness (QED) is 0.586. The van der Waals surface area contributed by atoms with Gasteiger partial charge in [0.25, 0.3) is 0 Å². The van der Waals surface area contributed by atoms with Gasteiger partial charge in [0.2, 0.25) is 0 Å². The molecule has 1 fully saturated rings. The number of ether oxygens (including phenoxy) is 3. The molecule has 3 atom stereocenters. The number of imidazole rings is 1. The molecule has 3 heterocycles. The molecule has 0 N–H and O–H groups in total. The number of benzene rings is 1. The van der Waals surface area contributed by atoms with E-state index in [1.54, 1.807) is 19.5 Å². The number of hydrogen-bond donors (Lipinski definition) is 0. The molecule has 0 saturated carbocycles. The first-order valence-corrected chi connectivity index (χ1v) is 9.80. The predicted octanol–water partition coefficient (Wildman–Crippen LogP) is 3.53. The zero-order valence-corrected chi connectivity index (χ0v) is 17.0. The van der Waals surface area contributed by atoms with Crippen LogP contribution in [0.1, 0.15) is 36.6 Å². The number of carbonyl (C=O) groups is 1. The van der Waals surface area contributed by atoms with Gasteiger partial charge in [0.1, 0.15) is 11.7 Å². The Morgan fingerprint density at radius 2 is 2.17 bits per heavy atom. The zero-order chi connectivity index (χ0) is 20.5. The number of aromatic nitrogens is 2.